The van der Waals surface area contributed by atoms with Crippen molar-refractivity contribution in [3.8, 4) is 0 Å². The van der Waals surface area contributed by atoms with Crippen LogP contribution in [0.2, 0.25) is 0 Å². The van der Waals surface area contributed by atoms with Crippen molar-refractivity contribution in [3.05, 3.63) is 34.1 Å². The van der Waals surface area contributed by atoms with Gasteiger partial charge in [0.25, 0.3) is 0 Å². The molecule has 0 fully saturated rings. The maximum Gasteiger partial charge on any atom is 0.319 e. The van der Waals surface area contributed by atoms with Crippen molar-refractivity contribution in [1.82, 2.24) is 0 Å². The van der Waals surface area contributed by atoms with Gasteiger partial charge < -0.3 is 10.8 Å². The first-order chi connectivity index (χ1) is 7.77. The van der Waals surface area contributed by atoms with Crippen LogP contribution in [0.4, 0.5) is 4.39 Å². The highest BCUT2D eigenvalue weighted by atomic mass is 79.9. The molecular weight excluding hydrogens is 293 g/mol. The second-order valence-corrected chi connectivity index (χ2v) is 4.78. The van der Waals surface area contributed by atoms with Crippen molar-refractivity contribution in [3.63, 3.8) is 0 Å². The first kappa shape index (κ1) is 13.6. The average Bonchev–Trinajstić information content (AvgIpc) is 2.22. The average molecular weight is 304 g/mol. The SMILES string of the molecule is CC(Cc1ccc(F)c(Br)c1)(C(N)=O)C(=O)O. The number of hydrogen-bond donors (Lipinski definition) is 2. The highest BCUT2D eigenvalue weighted by molar-refractivity contribution is 9.10. The third-order valence-corrected chi connectivity index (χ3v) is 3.17. The Morgan fingerprint density at radius 3 is 2.53 bits per heavy atom. The Bertz CT molecular complexity index is 462. The highest BCUT2D eigenvalue weighted by Crippen LogP contribution is 2.25. The fourth-order valence-electron chi connectivity index (χ4n) is 1.33. The lowest BCUT2D eigenvalue weighted by atomic mass is 9.83. The van der Waals surface area contributed by atoms with Gasteiger partial charge in [-0.25, -0.2) is 4.39 Å². The fraction of sp³-hybridized carbons (Fsp3) is 0.273. The molecule has 1 unspecified atom stereocenters. The first-order valence-electron chi connectivity index (χ1n) is 4.74. The number of hydrogen-bond acceptors (Lipinski definition) is 2. The molecule has 0 aliphatic carbocycles. The van der Waals surface area contributed by atoms with Crippen LogP contribution in [0.15, 0.2) is 22.7 Å². The Labute approximate surface area is 106 Å². The van der Waals surface area contributed by atoms with Gasteiger partial charge in [-0.1, -0.05) is 6.07 Å². The van der Waals surface area contributed by atoms with Gasteiger partial charge in [0, 0.05) is 0 Å². The van der Waals surface area contributed by atoms with Gasteiger partial charge in [-0.15, -0.1) is 0 Å². The summed E-state index contributed by atoms with van der Waals surface area (Å²) < 4.78 is 13.2. The molecule has 0 aliphatic heterocycles. The monoisotopic (exact) mass is 303 g/mol. The van der Waals surface area contributed by atoms with Crippen LogP contribution in [-0.2, 0) is 16.0 Å². The topological polar surface area (TPSA) is 80.4 Å². The lowest BCUT2D eigenvalue weighted by Crippen LogP contribution is -2.43. The Morgan fingerprint density at radius 1 is 1.53 bits per heavy atom. The molecule has 0 bridgehead atoms. The lowest BCUT2D eigenvalue weighted by Gasteiger charge is -2.20. The van der Waals surface area contributed by atoms with E-state index < -0.39 is 23.1 Å². The molecule has 0 aliphatic rings. The number of rotatable bonds is 4. The van der Waals surface area contributed by atoms with Gasteiger partial charge in [-0.2, -0.15) is 0 Å². The number of nitrogens with two attached hydrogens (primary N) is 1. The summed E-state index contributed by atoms with van der Waals surface area (Å²) in [4.78, 5) is 22.2. The molecule has 0 radical (unpaired) electrons. The smallest absolute Gasteiger partial charge is 0.319 e. The van der Waals surface area contributed by atoms with Crippen molar-refractivity contribution in [2.24, 2.45) is 11.1 Å². The van der Waals surface area contributed by atoms with Crippen LogP contribution < -0.4 is 5.73 Å². The van der Waals surface area contributed by atoms with Crippen LogP contribution in [0.1, 0.15) is 12.5 Å². The fourth-order valence-corrected chi connectivity index (χ4v) is 1.75. The third kappa shape index (κ3) is 2.82. The van der Waals surface area contributed by atoms with Crippen LogP contribution in [0, 0.1) is 11.2 Å². The number of aliphatic carboxylic acids is 1. The van der Waals surface area contributed by atoms with E-state index in [1.54, 1.807) is 0 Å². The van der Waals surface area contributed by atoms with Gasteiger partial charge in [0.1, 0.15) is 11.2 Å². The van der Waals surface area contributed by atoms with Crippen molar-refractivity contribution >= 4 is 27.8 Å². The normalized spacial score (nSPS) is 14.1. The minimum Gasteiger partial charge on any atom is -0.480 e. The molecule has 0 spiro atoms. The van der Waals surface area contributed by atoms with Crippen molar-refractivity contribution in [2.75, 3.05) is 0 Å². The Morgan fingerprint density at radius 2 is 2.12 bits per heavy atom. The minimum atomic E-state index is -1.70. The largest absolute Gasteiger partial charge is 0.480 e. The maximum atomic E-state index is 13.0. The van der Waals surface area contributed by atoms with Crippen LogP contribution in [0.25, 0.3) is 0 Å². The molecule has 1 aromatic rings. The van der Waals surface area contributed by atoms with Gasteiger partial charge in [0.05, 0.1) is 4.47 Å². The van der Waals surface area contributed by atoms with Crippen molar-refractivity contribution < 1.29 is 19.1 Å². The van der Waals surface area contributed by atoms with E-state index in [2.05, 4.69) is 15.9 Å². The van der Waals surface area contributed by atoms with Gasteiger partial charge in [-0.05, 0) is 47.0 Å². The number of primary amides is 1. The summed E-state index contributed by atoms with van der Waals surface area (Å²) in [7, 11) is 0. The van der Waals surface area contributed by atoms with Gasteiger partial charge in [0.15, 0.2) is 0 Å². The summed E-state index contributed by atoms with van der Waals surface area (Å²) in [5.41, 5.74) is 3.90. The predicted molar refractivity (Wildman–Crippen MR) is 62.7 cm³/mol. The number of amides is 1. The molecule has 4 nitrogen and oxygen atoms in total. The Balaban J connectivity index is 3.07. The highest BCUT2D eigenvalue weighted by Gasteiger charge is 2.39. The van der Waals surface area contributed by atoms with E-state index in [0.717, 1.165) is 0 Å². The van der Waals surface area contributed by atoms with E-state index in [1.807, 2.05) is 0 Å². The summed E-state index contributed by atoms with van der Waals surface area (Å²) in [6.07, 6.45) is -0.0868. The van der Waals surface area contributed by atoms with E-state index in [-0.39, 0.29) is 10.9 Å². The van der Waals surface area contributed by atoms with E-state index in [1.165, 1.54) is 25.1 Å². The summed E-state index contributed by atoms with van der Waals surface area (Å²) in [5.74, 6) is -2.68. The third-order valence-electron chi connectivity index (χ3n) is 2.56. The summed E-state index contributed by atoms with van der Waals surface area (Å²) in [6.45, 7) is 1.24. The zero-order valence-corrected chi connectivity index (χ0v) is 10.6. The van der Waals surface area contributed by atoms with Crippen molar-refractivity contribution in [1.29, 1.82) is 0 Å². The molecule has 6 heteroatoms. The number of carbonyl (C=O) groups is 2. The van der Waals surface area contributed by atoms with Crippen LogP contribution in [0.5, 0.6) is 0 Å². The molecular formula is C11H11BrFNO3. The zero-order chi connectivity index (χ0) is 13.2. The summed E-state index contributed by atoms with van der Waals surface area (Å²) >= 11 is 2.99. The van der Waals surface area contributed by atoms with Crippen molar-refractivity contribution in [2.45, 2.75) is 13.3 Å². The van der Waals surface area contributed by atoms with Crippen LogP contribution in [0.3, 0.4) is 0 Å². The predicted octanol–water partition coefficient (Wildman–Crippen LogP) is 1.71. The molecule has 1 aromatic carbocycles. The molecule has 17 heavy (non-hydrogen) atoms. The number of benzene rings is 1. The van der Waals surface area contributed by atoms with E-state index >= 15 is 0 Å². The molecule has 0 saturated carbocycles. The number of halogens is 2. The lowest BCUT2D eigenvalue weighted by molar-refractivity contribution is -0.153. The molecule has 0 saturated heterocycles. The number of carboxylic acids is 1. The molecule has 1 amide bonds. The first-order valence-corrected chi connectivity index (χ1v) is 5.54. The molecule has 1 rings (SSSR count). The van der Waals surface area contributed by atoms with E-state index in [0.29, 0.717) is 5.56 Å². The van der Waals surface area contributed by atoms with Gasteiger partial charge in [-0.3, -0.25) is 9.59 Å². The number of carboxylic acid groups (broad SMARTS) is 1. The summed E-state index contributed by atoms with van der Waals surface area (Å²) in [5, 5.41) is 9.00. The zero-order valence-electron chi connectivity index (χ0n) is 9.04. The van der Waals surface area contributed by atoms with Gasteiger partial charge >= 0.3 is 5.97 Å². The minimum absolute atomic E-state index is 0.0868. The summed E-state index contributed by atoms with van der Waals surface area (Å²) in [6, 6.07) is 4.05. The second-order valence-electron chi connectivity index (χ2n) is 3.93. The second kappa shape index (κ2) is 4.83. The number of carbonyl (C=O) groups excluding carboxylic acids is 1. The maximum absolute atomic E-state index is 13.0. The molecule has 3 N–H and O–H groups in total. The van der Waals surface area contributed by atoms with E-state index in [4.69, 9.17) is 10.8 Å². The van der Waals surface area contributed by atoms with Gasteiger partial charge in [0.2, 0.25) is 5.91 Å². The van der Waals surface area contributed by atoms with Crippen LogP contribution >= 0.6 is 15.9 Å². The van der Waals surface area contributed by atoms with E-state index in [9.17, 15) is 14.0 Å². The standard InChI is InChI=1S/C11H11BrFNO3/c1-11(9(14)15,10(16)17)5-6-2-3-8(13)7(12)4-6/h2-4H,5H2,1H3,(H2,14,15)(H,16,17). The molecule has 0 heterocycles. The Kier molecular flexibility index (Phi) is 3.87. The molecule has 1 atom stereocenters. The molecule has 92 valence electrons. The quantitative estimate of drug-likeness (QED) is 0.831. The van der Waals surface area contributed by atoms with Crippen LogP contribution in [-0.4, -0.2) is 17.0 Å². The molecule has 0 aromatic heterocycles. The Hall–Kier alpha value is -1.43.